The maximum atomic E-state index is 9.47. The van der Waals surface area contributed by atoms with Crippen LogP contribution in [0.25, 0.3) is 0 Å². The van der Waals surface area contributed by atoms with Crippen molar-refractivity contribution in [3.8, 4) is 0 Å². The largest absolute Gasteiger partial charge is 0.390 e. The molecule has 2 heteroatoms. The van der Waals surface area contributed by atoms with Crippen molar-refractivity contribution in [2.24, 2.45) is 11.8 Å². The lowest BCUT2D eigenvalue weighted by atomic mass is 9.69. The summed E-state index contributed by atoms with van der Waals surface area (Å²) in [6, 6.07) is 0. The second kappa shape index (κ2) is 3.35. The van der Waals surface area contributed by atoms with Crippen LogP contribution >= 0.6 is 0 Å². The van der Waals surface area contributed by atoms with E-state index >= 15 is 0 Å². The first kappa shape index (κ1) is 8.52. The first-order chi connectivity index (χ1) is 5.77. The minimum absolute atomic E-state index is 0.440. The molecule has 2 N–H and O–H groups in total. The maximum Gasteiger partial charge on any atom is 0.0802 e. The molecule has 0 heterocycles. The van der Waals surface area contributed by atoms with Gasteiger partial charge in [-0.25, -0.2) is 0 Å². The fourth-order valence-electron chi connectivity index (χ4n) is 2.84. The average molecular weight is 170 g/mol. The lowest BCUT2D eigenvalue weighted by molar-refractivity contribution is -0.0566. The number of fused-ring (bicyclic) bond motifs is 1. The summed E-state index contributed by atoms with van der Waals surface area (Å²) in [7, 11) is 0. The molecule has 2 rings (SSSR count). The Morgan fingerprint density at radius 3 is 1.58 bits per heavy atom. The molecule has 0 aromatic rings. The quantitative estimate of drug-likeness (QED) is 0.575. The number of aliphatic hydroxyl groups excluding tert-OH is 2. The minimum Gasteiger partial charge on any atom is -0.390 e. The molecule has 2 aliphatic carbocycles. The highest BCUT2D eigenvalue weighted by atomic mass is 16.3. The molecule has 0 aliphatic heterocycles. The first-order valence-electron chi connectivity index (χ1n) is 5.13. The van der Waals surface area contributed by atoms with Gasteiger partial charge in [-0.05, 0) is 24.7 Å². The van der Waals surface area contributed by atoms with E-state index in [-0.39, 0.29) is 0 Å². The van der Waals surface area contributed by atoms with E-state index in [4.69, 9.17) is 0 Å². The third-order valence-corrected chi connectivity index (χ3v) is 3.60. The molecule has 0 bridgehead atoms. The molecule has 0 saturated heterocycles. The Labute approximate surface area is 73.6 Å². The molecule has 1 unspecified atom stereocenters. The summed E-state index contributed by atoms with van der Waals surface area (Å²) in [4.78, 5) is 0. The van der Waals surface area contributed by atoms with Gasteiger partial charge < -0.3 is 10.2 Å². The molecule has 2 aliphatic rings. The van der Waals surface area contributed by atoms with Gasteiger partial charge in [0, 0.05) is 0 Å². The molecule has 0 aromatic heterocycles. The Balaban J connectivity index is 1.98. The van der Waals surface area contributed by atoms with Crippen molar-refractivity contribution in [1.29, 1.82) is 0 Å². The first-order valence-corrected chi connectivity index (χ1v) is 5.13. The predicted octanol–water partition coefficient (Wildman–Crippen LogP) is 1.31. The highest BCUT2D eigenvalue weighted by Crippen LogP contribution is 2.40. The number of aliphatic hydroxyl groups is 2. The molecule has 0 aromatic carbocycles. The van der Waals surface area contributed by atoms with Crippen LogP contribution in [0.15, 0.2) is 0 Å². The fourth-order valence-corrected chi connectivity index (χ4v) is 2.84. The van der Waals surface area contributed by atoms with Gasteiger partial charge in [-0.15, -0.1) is 0 Å². The van der Waals surface area contributed by atoms with Crippen LogP contribution in [0.1, 0.15) is 38.5 Å². The van der Waals surface area contributed by atoms with Crippen molar-refractivity contribution < 1.29 is 10.2 Å². The van der Waals surface area contributed by atoms with E-state index in [2.05, 4.69) is 0 Å². The van der Waals surface area contributed by atoms with E-state index in [0.29, 0.717) is 11.8 Å². The zero-order valence-electron chi connectivity index (χ0n) is 7.45. The van der Waals surface area contributed by atoms with Gasteiger partial charge in [0.05, 0.1) is 12.2 Å². The molecule has 70 valence electrons. The third kappa shape index (κ3) is 1.50. The van der Waals surface area contributed by atoms with E-state index < -0.39 is 12.2 Å². The lowest BCUT2D eigenvalue weighted by Gasteiger charge is -2.40. The van der Waals surface area contributed by atoms with Crippen LogP contribution in [0.5, 0.6) is 0 Å². The van der Waals surface area contributed by atoms with E-state index in [0.717, 1.165) is 12.8 Å². The molecule has 2 fully saturated rings. The highest BCUT2D eigenvalue weighted by Gasteiger charge is 2.36. The molecular formula is C10H18O2. The Bertz CT molecular complexity index is 140. The van der Waals surface area contributed by atoms with Crippen LogP contribution in [0, 0.1) is 11.8 Å². The van der Waals surface area contributed by atoms with Crippen LogP contribution < -0.4 is 0 Å². The summed E-state index contributed by atoms with van der Waals surface area (Å²) >= 11 is 0. The van der Waals surface area contributed by atoms with Crippen molar-refractivity contribution in [1.82, 2.24) is 0 Å². The topological polar surface area (TPSA) is 40.5 Å². The van der Waals surface area contributed by atoms with E-state index in [9.17, 15) is 10.2 Å². The molecule has 0 radical (unpaired) electrons. The number of hydrogen-bond donors (Lipinski definition) is 2. The summed E-state index contributed by atoms with van der Waals surface area (Å²) in [5.41, 5.74) is 0. The molecule has 4 atom stereocenters. The molecule has 0 amide bonds. The third-order valence-electron chi connectivity index (χ3n) is 3.60. The highest BCUT2D eigenvalue weighted by molar-refractivity contribution is 4.87. The van der Waals surface area contributed by atoms with Crippen molar-refractivity contribution in [3.63, 3.8) is 0 Å². The summed E-state index contributed by atoms with van der Waals surface area (Å²) in [6.45, 7) is 0. The summed E-state index contributed by atoms with van der Waals surface area (Å²) < 4.78 is 0. The predicted molar refractivity (Wildman–Crippen MR) is 46.7 cm³/mol. The van der Waals surface area contributed by atoms with Crippen molar-refractivity contribution in [3.05, 3.63) is 0 Å². The Kier molecular flexibility index (Phi) is 2.37. The van der Waals surface area contributed by atoms with Gasteiger partial charge in [0.1, 0.15) is 0 Å². The maximum absolute atomic E-state index is 9.47. The van der Waals surface area contributed by atoms with Gasteiger partial charge in [-0.1, -0.05) is 25.7 Å². The van der Waals surface area contributed by atoms with E-state index in [1.807, 2.05) is 0 Å². The number of rotatable bonds is 0. The van der Waals surface area contributed by atoms with Crippen LogP contribution in [0.3, 0.4) is 0 Å². The molecule has 0 spiro atoms. The van der Waals surface area contributed by atoms with Gasteiger partial charge in [0.2, 0.25) is 0 Å². The monoisotopic (exact) mass is 170 g/mol. The SMILES string of the molecule is O[C@H]1CC2CCCC[C@H]2C[C@@H]1O. The fraction of sp³-hybridized carbons (Fsp3) is 1.00. The van der Waals surface area contributed by atoms with Crippen LogP contribution in [0.4, 0.5) is 0 Å². The van der Waals surface area contributed by atoms with Crippen LogP contribution in [-0.4, -0.2) is 22.4 Å². The van der Waals surface area contributed by atoms with Gasteiger partial charge >= 0.3 is 0 Å². The van der Waals surface area contributed by atoms with Gasteiger partial charge in [-0.2, -0.15) is 0 Å². The van der Waals surface area contributed by atoms with Crippen molar-refractivity contribution in [2.45, 2.75) is 50.7 Å². The Morgan fingerprint density at radius 2 is 1.17 bits per heavy atom. The summed E-state index contributed by atoms with van der Waals surface area (Å²) in [6.07, 6.45) is 5.99. The minimum atomic E-state index is -0.440. The molecular weight excluding hydrogens is 152 g/mol. The number of hydrogen-bond acceptors (Lipinski definition) is 2. The van der Waals surface area contributed by atoms with Gasteiger partial charge in [0.15, 0.2) is 0 Å². The lowest BCUT2D eigenvalue weighted by Crippen LogP contribution is -2.40. The van der Waals surface area contributed by atoms with Crippen LogP contribution in [0.2, 0.25) is 0 Å². The normalized spacial score (nSPS) is 48.5. The van der Waals surface area contributed by atoms with Gasteiger partial charge in [-0.3, -0.25) is 0 Å². The second-order valence-corrected chi connectivity index (χ2v) is 4.41. The summed E-state index contributed by atoms with van der Waals surface area (Å²) in [5, 5.41) is 18.9. The Hall–Kier alpha value is -0.0800. The standard InChI is InChI=1S/C10H18O2/c11-9-5-7-3-1-2-4-8(7)6-10(9)12/h7-12H,1-6H2/t7-,8?,9-,10-/m0/s1. The van der Waals surface area contributed by atoms with E-state index in [1.54, 1.807) is 0 Å². The van der Waals surface area contributed by atoms with Gasteiger partial charge in [0.25, 0.3) is 0 Å². The average Bonchev–Trinajstić information content (AvgIpc) is 2.07. The van der Waals surface area contributed by atoms with E-state index in [1.165, 1.54) is 25.7 Å². The zero-order valence-corrected chi connectivity index (χ0v) is 7.45. The second-order valence-electron chi connectivity index (χ2n) is 4.41. The van der Waals surface area contributed by atoms with Crippen molar-refractivity contribution >= 4 is 0 Å². The Morgan fingerprint density at radius 1 is 0.750 bits per heavy atom. The molecule has 12 heavy (non-hydrogen) atoms. The molecule has 2 saturated carbocycles. The summed E-state index contributed by atoms with van der Waals surface area (Å²) in [5.74, 6) is 1.41. The van der Waals surface area contributed by atoms with Crippen LogP contribution in [-0.2, 0) is 0 Å². The smallest absolute Gasteiger partial charge is 0.0802 e. The zero-order chi connectivity index (χ0) is 8.55. The molecule has 2 nitrogen and oxygen atoms in total. The van der Waals surface area contributed by atoms with Crippen molar-refractivity contribution in [2.75, 3.05) is 0 Å².